The highest BCUT2D eigenvalue weighted by Crippen LogP contribution is 2.20. The Morgan fingerprint density at radius 1 is 1.25 bits per heavy atom. The van der Waals surface area contributed by atoms with Gasteiger partial charge < -0.3 is 0 Å². The van der Waals surface area contributed by atoms with Crippen LogP contribution < -0.4 is 0 Å². The topological polar surface area (TPSA) is 12.4 Å². The Morgan fingerprint density at radius 2 is 1.88 bits per heavy atom. The fourth-order valence-electron chi connectivity index (χ4n) is 1.71. The Labute approximate surface area is 101 Å². The highest BCUT2D eigenvalue weighted by molar-refractivity contribution is 5.70. The molecule has 1 unspecified atom stereocenters. The summed E-state index contributed by atoms with van der Waals surface area (Å²) < 4.78 is 0. The molecule has 0 rings (SSSR count). The third kappa shape index (κ3) is 8.46. The second-order valence-corrected chi connectivity index (χ2v) is 4.91. The Hall–Kier alpha value is -0.850. The molecular formula is C15H27N. The molecule has 1 nitrogen and oxygen atoms in total. The zero-order valence-electron chi connectivity index (χ0n) is 11.4. The van der Waals surface area contributed by atoms with Crippen molar-refractivity contribution < 1.29 is 0 Å². The number of hydrogen-bond acceptors (Lipinski definition) is 1. The van der Waals surface area contributed by atoms with Crippen LogP contribution in [-0.4, -0.2) is 6.21 Å². The van der Waals surface area contributed by atoms with E-state index in [0.29, 0.717) is 0 Å². The molecule has 92 valence electrons. The van der Waals surface area contributed by atoms with Crippen LogP contribution in [0.25, 0.3) is 0 Å². The summed E-state index contributed by atoms with van der Waals surface area (Å²) >= 11 is 0. The molecule has 16 heavy (non-hydrogen) atoms. The van der Waals surface area contributed by atoms with Gasteiger partial charge in [0, 0.05) is 12.4 Å². The molecular weight excluding hydrogens is 194 g/mol. The first-order chi connectivity index (χ1) is 7.60. The third-order valence-corrected chi connectivity index (χ3v) is 3.01. The maximum Gasteiger partial charge on any atom is 0.0261 e. The van der Waals surface area contributed by atoms with E-state index >= 15 is 0 Å². The SMILES string of the molecule is C=C/C=N\C=C(\C)CC(C)CC[C@H](C)CC. The Bertz CT molecular complexity index is 238. The highest BCUT2D eigenvalue weighted by atomic mass is 14.7. The van der Waals surface area contributed by atoms with Crippen molar-refractivity contribution in [2.24, 2.45) is 16.8 Å². The lowest BCUT2D eigenvalue weighted by Gasteiger charge is -2.14. The smallest absolute Gasteiger partial charge is 0.0261 e. The van der Waals surface area contributed by atoms with Gasteiger partial charge in [0.1, 0.15) is 0 Å². The van der Waals surface area contributed by atoms with Gasteiger partial charge in [0.25, 0.3) is 0 Å². The largest absolute Gasteiger partial charge is 0.265 e. The first-order valence-corrected chi connectivity index (χ1v) is 6.40. The summed E-state index contributed by atoms with van der Waals surface area (Å²) in [6, 6.07) is 0. The average molecular weight is 221 g/mol. The Kier molecular flexibility index (Phi) is 8.88. The highest BCUT2D eigenvalue weighted by Gasteiger charge is 2.05. The van der Waals surface area contributed by atoms with Crippen LogP contribution in [0.15, 0.2) is 29.4 Å². The number of rotatable bonds is 8. The number of aliphatic imine (C=N–C) groups is 1. The maximum atomic E-state index is 4.15. The molecule has 0 aliphatic rings. The second-order valence-electron chi connectivity index (χ2n) is 4.91. The normalized spacial score (nSPS) is 16.4. The van der Waals surface area contributed by atoms with E-state index in [1.54, 1.807) is 12.3 Å². The van der Waals surface area contributed by atoms with E-state index < -0.39 is 0 Å². The van der Waals surface area contributed by atoms with E-state index in [2.05, 4.69) is 39.3 Å². The molecule has 0 bridgehead atoms. The standard InChI is InChI=1S/C15H27N/c1-6-10-16-12-15(5)11-14(4)9-8-13(3)7-2/h6,10,12-14H,1,7-9,11H2,2-5H3/b15-12-,16-10-/t13-,14?/m1/s1. The molecule has 2 atom stereocenters. The molecule has 0 N–H and O–H groups in total. The quantitative estimate of drug-likeness (QED) is 0.511. The van der Waals surface area contributed by atoms with Crippen molar-refractivity contribution in [1.82, 2.24) is 0 Å². The van der Waals surface area contributed by atoms with Crippen molar-refractivity contribution in [3.05, 3.63) is 24.4 Å². The molecule has 0 fully saturated rings. The third-order valence-electron chi connectivity index (χ3n) is 3.01. The molecule has 0 aromatic heterocycles. The Balaban J connectivity index is 3.85. The van der Waals surface area contributed by atoms with Gasteiger partial charge in [0.05, 0.1) is 0 Å². The van der Waals surface area contributed by atoms with Crippen molar-refractivity contribution in [3.63, 3.8) is 0 Å². The monoisotopic (exact) mass is 221 g/mol. The molecule has 0 spiro atoms. The molecule has 0 saturated carbocycles. The summed E-state index contributed by atoms with van der Waals surface area (Å²) in [4.78, 5) is 4.15. The van der Waals surface area contributed by atoms with Crippen LogP contribution in [0.4, 0.5) is 0 Å². The summed E-state index contributed by atoms with van der Waals surface area (Å²) in [6.45, 7) is 12.7. The molecule has 0 aromatic carbocycles. The molecule has 0 aliphatic heterocycles. The van der Waals surface area contributed by atoms with Crippen molar-refractivity contribution >= 4 is 6.21 Å². The number of nitrogens with zero attached hydrogens (tertiary/aromatic N) is 1. The average Bonchev–Trinajstić information content (AvgIpc) is 2.26. The second kappa shape index (κ2) is 9.38. The van der Waals surface area contributed by atoms with Gasteiger partial charge in [-0.15, -0.1) is 0 Å². The van der Waals surface area contributed by atoms with Crippen molar-refractivity contribution in [2.75, 3.05) is 0 Å². The molecule has 0 saturated heterocycles. The molecule has 0 radical (unpaired) electrons. The number of hydrogen-bond donors (Lipinski definition) is 0. The summed E-state index contributed by atoms with van der Waals surface area (Å²) in [5.41, 5.74) is 1.36. The predicted molar refractivity (Wildman–Crippen MR) is 74.9 cm³/mol. The van der Waals surface area contributed by atoms with Gasteiger partial charge in [-0.25, -0.2) is 0 Å². The molecule has 0 amide bonds. The molecule has 0 aromatic rings. The molecule has 1 heteroatoms. The van der Waals surface area contributed by atoms with E-state index in [9.17, 15) is 0 Å². The van der Waals surface area contributed by atoms with Crippen molar-refractivity contribution in [2.45, 2.75) is 53.4 Å². The minimum absolute atomic E-state index is 0.768. The fourth-order valence-corrected chi connectivity index (χ4v) is 1.71. The van der Waals surface area contributed by atoms with Crippen LogP contribution in [0.1, 0.15) is 53.4 Å². The molecule has 0 heterocycles. The summed E-state index contributed by atoms with van der Waals surface area (Å²) in [6.07, 6.45) is 10.5. The lowest BCUT2D eigenvalue weighted by molar-refractivity contribution is 0.420. The first-order valence-electron chi connectivity index (χ1n) is 6.40. The van der Waals surface area contributed by atoms with Gasteiger partial charge in [0.2, 0.25) is 0 Å². The lowest BCUT2D eigenvalue weighted by Crippen LogP contribution is -2.00. The predicted octanol–water partition coefficient (Wildman–Crippen LogP) is 5.00. The first kappa shape index (κ1) is 15.2. The van der Waals surface area contributed by atoms with Crippen LogP contribution in [0.5, 0.6) is 0 Å². The fraction of sp³-hybridized carbons (Fsp3) is 0.667. The van der Waals surface area contributed by atoms with Crippen molar-refractivity contribution in [1.29, 1.82) is 0 Å². The maximum absolute atomic E-state index is 4.15. The summed E-state index contributed by atoms with van der Waals surface area (Å²) in [7, 11) is 0. The van der Waals surface area contributed by atoms with Crippen LogP contribution >= 0.6 is 0 Å². The van der Waals surface area contributed by atoms with E-state index in [4.69, 9.17) is 0 Å². The van der Waals surface area contributed by atoms with Gasteiger partial charge in [-0.3, -0.25) is 4.99 Å². The van der Waals surface area contributed by atoms with Gasteiger partial charge in [-0.2, -0.15) is 0 Å². The van der Waals surface area contributed by atoms with Crippen LogP contribution in [-0.2, 0) is 0 Å². The zero-order chi connectivity index (χ0) is 12.4. The number of allylic oxidation sites excluding steroid dienone is 2. The summed E-state index contributed by atoms with van der Waals surface area (Å²) in [5, 5.41) is 0. The van der Waals surface area contributed by atoms with Crippen LogP contribution in [0.2, 0.25) is 0 Å². The van der Waals surface area contributed by atoms with E-state index in [-0.39, 0.29) is 0 Å². The van der Waals surface area contributed by atoms with Gasteiger partial charge in [-0.1, -0.05) is 58.3 Å². The minimum Gasteiger partial charge on any atom is -0.265 e. The molecule has 0 aliphatic carbocycles. The van der Waals surface area contributed by atoms with Crippen molar-refractivity contribution in [3.8, 4) is 0 Å². The van der Waals surface area contributed by atoms with Gasteiger partial charge in [-0.05, 0) is 25.2 Å². The van der Waals surface area contributed by atoms with Gasteiger partial charge >= 0.3 is 0 Å². The van der Waals surface area contributed by atoms with Gasteiger partial charge in [0.15, 0.2) is 0 Å². The Morgan fingerprint density at radius 3 is 2.44 bits per heavy atom. The zero-order valence-corrected chi connectivity index (χ0v) is 11.4. The van der Waals surface area contributed by atoms with Crippen LogP contribution in [0, 0.1) is 11.8 Å². The van der Waals surface area contributed by atoms with E-state index in [1.807, 2.05) is 6.20 Å². The van der Waals surface area contributed by atoms with E-state index in [0.717, 1.165) is 18.3 Å². The summed E-state index contributed by atoms with van der Waals surface area (Å²) in [5.74, 6) is 1.63. The minimum atomic E-state index is 0.768. The van der Waals surface area contributed by atoms with E-state index in [1.165, 1.54) is 24.8 Å². The lowest BCUT2D eigenvalue weighted by atomic mass is 9.92. The van der Waals surface area contributed by atoms with Crippen LogP contribution in [0.3, 0.4) is 0 Å².